The second-order valence-electron chi connectivity index (χ2n) is 5.89. The molecule has 1 fully saturated rings. The number of rotatable bonds is 4. The predicted octanol–water partition coefficient (Wildman–Crippen LogP) is 2.97. The first-order chi connectivity index (χ1) is 8.01. The molecular formula is C15H27NO. The minimum atomic E-state index is 0.0894. The molecule has 1 rings (SSSR count). The van der Waals surface area contributed by atoms with Gasteiger partial charge in [0.2, 0.25) is 0 Å². The molecule has 98 valence electrons. The Morgan fingerprint density at radius 2 is 1.82 bits per heavy atom. The fourth-order valence-corrected chi connectivity index (χ4v) is 2.18. The second-order valence-corrected chi connectivity index (χ2v) is 5.89. The molecule has 2 nitrogen and oxygen atoms in total. The molecule has 0 aromatic heterocycles. The van der Waals surface area contributed by atoms with Gasteiger partial charge in [0.1, 0.15) is 6.61 Å². The largest absolute Gasteiger partial charge is 0.366 e. The first-order valence-electron chi connectivity index (χ1n) is 6.86. The van der Waals surface area contributed by atoms with E-state index >= 15 is 0 Å². The highest BCUT2D eigenvalue weighted by atomic mass is 16.5. The summed E-state index contributed by atoms with van der Waals surface area (Å²) in [5, 5.41) is 3.51. The Hall–Kier alpha value is -0.520. The van der Waals surface area contributed by atoms with Crippen molar-refractivity contribution in [3.05, 3.63) is 0 Å². The number of hydrogen-bond donors (Lipinski definition) is 1. The quantitative estimate of drug-likeness (QED) is 0.759. The highest BCUT2D eigenvalue weighted by molar-refractivity contribution is 5.07. The van der Waals surface area contributed by atoms with E-state index in [0.29, 0.717) is 18.8 Å². The lowest BCUT2D eigenvalue weighted by Gasteiger charge is -2.28. The molecule has 0 radical (unpaired) electrons. The summed E-state index contributed by atoms with van der Waals surface area (Å²) in [5.74, 6) is 6.32. The molecule has 2 heteroatoms. The van der Waals surface area contributed by atoms with Crippen LogP contribution in [0.1, 0.15) is 53.4 Å². The second kappa shape index (κ2) is 7.03. The van der Waals surface area contributed by atoms with Crippen LogP contribution in [-0.2, 0) is 4.74 Å². The first kappa shape index (κ1) is 14.5. The molecule has 0 aromatic rings. The molecule has 1 aliphatic carbocycles. The van der Waals surface area contributed by atoms with Crippen molar-refractivity contribution < 1.29 is 4.74 Å². The SMILES string of the molecule is CCNC1CCC(OCC#CC(C)(C)C)CC1. The van der Waals surface area contributed by atoms with E-state index in [-0.39, 0.29) is 5.41 Å². The van der Waals surface area contributed by atoms with E-state index in [4.69, 9.17) is 4.74 Å². The third kappa shape index (κ3) is 6.71. The minimum Gasteiger partial charge on any atom is -0.366 e. The smallest absolute Gasteiger partial charge is 0.108 e. The Morgan fingerprint density at radius 1 is 1.18 bits per heavy atom. The molecule has 0 unspecified atom stereocenters. The Bertz CT molecular complexity index is 261. The van der Waals surface area contributed by atoms with Crippen LogP contribution >= 0.6 is 0 Å². The van der Waals surface area contributed by atoms with Crippen molar-refractivity contribution in [2.75, 3.05) is 13.2 Å². The van der Waals surface area contributed by atoms with Gasteiger partial charge >= 0.3 is 0 Å². The molecule has 0 spiro atoms. The maximum absolute atomic E-state index is 5.80. The maximum atomic E-state index is 5.80. The maximum Gasteiger partial charge on any atom is 0.108 e. The predicted molar refractivity (Wildman–Crippen MR) is 72.9 cm³/mol. The van der Waals surface area contributed by atoms with Crippen LogP contribution in [0.15, 0.2) is 0 Å². The lowest BCUT2D eigenvalue weighted by atomic mass is 9.93. The lowest BCUT2D eigenvalue weighted by Crippen LogP contribution is -2.35. The normalized spacial score (nSPS) is 25.2. The minimum absolute atomic E-state index is 0.0894. The Labute approximate surface area is 107 Å². The molecule has 17 heavy (non-hydrogen) atoms. The van der Waals surface area contributed by atoms with Gasteiger partial charge in [-0.25, -0.2) is 0 Å². The van der Waals surface area contributed by atoms with Crippen LogP contribution in [0.25, 0.3) is 0 Å². The molecule has 1 aliphatic rings. The first-order valence-corrected chi connectivity index (χ1v) is 6.86. The molecule has 0 bridgehead atoms. The third-order valence-electron chi connectivity index (χ3n) is 3.02. The van der Waals surface area contributed by atoms with Crippen LogP contribution in [0, 0.1) is 17.3 Å². The van der Waals surface area contributed by atoms with Gasteiger partial charge in [-0.2, -0.15) is 0 Å². The average Bonchev–Trinajstić information content (AvgIpc) is 2.26. The van der Waals surface area contributed by atoms with E-state index in [0.717, 1.165) is 6.54 Å². The molecule has 0 heterocycles. The van der Waals surface area contributed by atoms with Crippen molar-refractivity contribution in [3.63, 3.8) is 0 Å². The zero-order valence-electron chi connectivity index (χ0n) is 11.8. The van der Waals surface area contributed by atoms with Crippen molar-refractivity contribution in [3.8, 4) is 11.8 Å². The monoisotopic (exact) mass is 237 g/mol. The molecule has 0 saturated heterocycles. The summed E-state index contributed by atoms with van der Waals surface area (Å²) in [6.45, 7) is 10.2. The van der Waals surface area contributed by atoms with Crippen molar-refractivity contribution >= 4 is 0 Å². The average molecular weight is 237 g/mol. The standard InChI is InChI=1S/C15H27NO/c1-5-16-13-7-9-14(10-8-13)17-12-6-11-15(2,3)4/h13-14,16H,5,7-10,12H2,1-4H3. The molecule has 0 aromatic carbocycles. The van der Waals surface area contributed by atoms with Crippen LogP contribution in [0.3, 0.4) is 0 Å². The van der Waals surface area contributed by atoms with Gasteiger partial charge < -0.3 is 10.1 Å². The van der Waals surface area contributed by atoms with E-state index < -0.39 is 0 Å². The molecule has 1 saturated carbocycles. The van der Waals surface area contributed by atoms with E-state index in [9.17, 15) is 0 Å². The third-order valence-corrected chi connectivity index (χ3v) is 3.02. The van der Waals surface area contributed by atoms with Crippen LogP contribution < -0.4 is 5.32 Å². The highest BCUT2D eigenvalue weighted by Gasteiger charge is 2.20. The van der Waals surface area contributed by atoms with Gasteiger partial charge in [0.05, 0.1) is 6.10 Å². The van der Waals surface area contributed by atoms with E-state index in [1.54, 1.807) is 0 Å². The van der Waals surface area contributed by atoms with Crippen molar-refractivity contribution in [2.45, 2.75) is 65.5 Å². The summed E-state index contributed by atoms with van der Waals surface area (Å²) >= 11 is 0. The van der Waals surface area contributed by atoms with Crippen LogP contribution in [0.4, 0.5) is 0 Å². The molecular weight excluding hydrogens is 210 g/mol. The van der Waals surface area contributed by atoms with Gasteiger partial charge in [-0.15, -0.1) is 0 Å². The zero-order valence-corrected chi connectivity index (χ0v) is 11.8. The van der Waals surface area contributed by atoms with E-state index in [1.807, 2.05) is 0 Å². The summed E-state index contributed by atoms with van der Waals surface area (Å²) in [6, 6.07) is 0.709. The summed E-state index contributed by atoms with van der Waals surface area (Å²) in [7, 11) is 0. The van der Waals surface area contributed by atoms with Gasteiger partial charge in [-0.3, -0.25) is 0 Å². The van der Waals surface area contributed by atoms with Crippen molar-refractivity contribution in [2.24, 2.45) is 5.41 Å². The summed E-state index contributed by atoms with van der Waals surface area (Å²) in [4.78, 5) is 0. The van der Waals surface area contributed by atoms with E-state index in [2.05, 4.69) is 44.9 Å². The highest BCUT2D eigenvalue weighted by Crippen LogP contribution is 2.21. The summed E-state index contributed by atoms with van der Waals surface area (Å²) < 4.78 is 5.80. The van der Waals surface area contributed by atoms with E-state index in [1.165, 1.54) is 25.7 Å². The van der Waals surface area contributed by atoms with Crippen molar-refractivity contribution in [1.82, 2.24) is 5.32 Å². The van der Waals surface area contributed by atoms with Gasteiger partial charge in [0.15, 0.2) is 0 Å². The fourth-order valence-electron chi connectivity index (χ4n) is 2.18. The lowest BCUT2D eigenvalue weighted by molar-refractivity contribution is 0.0427. The topological polar surface area (TPSA) is 21.3 Å². The fraction of sp³-hybridized carbons (Fsp3) is 0.867. The Morgan fingerprint density at radius 3 is 2.35 bits per heavy atom. The number of hydrogen-bond acceptors (Lipinski definition) is 2. The summed E-state index contributed by atoms with van der Waals surface area (Å²) in [6.07, 6.45) is 5.26. The van der Waals surface area contributed by atoms with Gasteiger partial charge in [-0.1, -0.05) is 18.8 Å². The Kier molecular flexibility index (Phi) is 6.02. The number of ether oxygens (including phenoxy) is 1. The Balaban J connectivity index is 2.16. The molecule has 0 atom stereocenters. The van der Waals surface area contributed by atoms with Crippen molar-refractivity contribution in [1.29, 1.82) is 0 Å². The zero-order chi connectivity index (χ0) is 12.7. The van der Waals surface area contributed by atoms with Gasteiger partial charge in [0.25, 0.3) is 0 Å². The summed E-state index contributed by atoms with van der Waals surface area (Å²) in [5.41, 5.74) is 0.0894. The molecule has 1 N–H and O–H groups in total. The van der Waals surface area contributed by atoms with Crippen LogP contribution in [-0.4, -0.2) is 25.3 Å². The van der Waals surface area contributed by atoms with Gasteiger partial charge in [-0.05, 0) is 53.0 Å². The van der Waals surface area contributed by atoms with Gasteiger partial charge in [0, 0.05) is 11.5 Å². The van der Waals surface area contributed by atoms with Crippen LogP contribution in [0.5, 0.6) is 0 Å². The number of nitrogens with one attached hydrogen (secondary N) is 1. The van der Waals surface area contributed by atoms with Crippen LogP contribution in [0.2, 0.25) is 0 Å². The molecule has 0 aliphatic heterocycles. The molecule has 0 amide bonds.